The first-order chi connectivity index (χ1) is 13.7. The van der Waals surface area contributed by atoms with Gasteiger partial charge in [0.25, 0.3) is 0 Å². The molecule has 0 aromatic heterocycles. The molecule has 4 nitrogen and oxygen atoms in total. The fourth-order valence-corrected chi connectivity index (χ4v) is 8.70. The van der Waals surface area contributed by atoms with Gasteiger partial charge in [-0.3, -0.25) is 14.4 Å². The third-order valence-electron chi connectivity index (χ3n) is 9.07. The molecule has 4 aliphatic carbocycles. The van der Waals surface area contributed by atoms with Crippen LogP contribution in [0.3, 0.4) is 0 Å². The van der Waals surface area contributed by atoms with Crippen LogP contribution in [0.15, 0.2) is 23.8 Å². The molecule has 5 heteroatoms. The largest absolute Gasteiger partial charge is 0.454 e. The quantitative estimate of drug-likeness (QED) is 0.462. The molecule has 0 bridgehead atoms. The maximum Gasteiger partial charge on any atom is 0.306 e. The van der Waals surface area contributed by atoms with E-state index in [2.05, 4.69) is 26.0 Å². The van der Waals surface area contributed by atoms with Crippen molar-refractivity contribution < 1.29 is 19.1 Å². The van der Waals surface area contributed by atoms with Crippen molar-refractivity contribution in [2.45, 2.75) is 76.6 Å². The van der Waals surface area contributed by atoms with Crippen molar-refractivity contribution in [3.8, 4) is 0 Å². The van der Waals surface area contributed by atoms with Crippen molar-refractivity contribution in [3.63, 3.8) is 0 Å². The lowest BCUT2D eigenvalue weighted by atomic mass is 9.46. The molecule has 1 heterocycles. The van der Waals surface area contributed by atoms with Crippen LogP contribution in [0.5, 0.6) is 0 Å². The molecule has 1 saturated heterocycles. The van der Waals surface area contributed by atoms with Crippen molar-refractivity contribution in [1.29, 1.82) is 0 Å². The molecule has 2 saturated carbocycles. The highest BCUT2D eigenvalue weighted by Gasteiger charge is 2.66. The third kappa shape index (κ3) is 2.62. The zero-order valence-corrected chi connectivity index (χ0v) is 18.3. The Hall–Kier alpha value is -1.36. The van der Waals surface area contributed by atoms with Crippen LogP contribution in [-0.2, 0) is 19.1 Å². The molecular formula is C24H30O4S. The lowest BCUT2D eigenvalue weighted by Gasteiger charge is -2.61. The molecule has 0 amide bonds. The van der Waals surface area contributed by atoms with E-state index in [0.29, 0.717) is 30.6 Å². The number of hydrogen-bond acceptors (Lipinski definition) is 5. The van der Waals surface area contributed by atoms with Crippen molar-refractivity contribution in [3.05, 3.63) is 23.8 Å². The second kappa shape index (κ2) is 6.32. The first-order valence-corrected chi connectivity index (χ1v) is 11.9. The summed E-state index contributed by atoms with van der Waals surface area (Å²) in [6.07, 6.45) is 12.1. The van der Waals surface area contributed by atoms with Gasteiger partial charge in [-0.2, -0.15) is 0 Å². The Morgan fingerprint density at radius 2 is 1.97 bits per heavy atom. The van der Waals surface area contributed by atoms with Gasteiger partial charge in [-0.1, -0.05) is 37.3 Å². The van der Waals surface area contributed by atoms with Gasteiger partial charge in [-0.25, -0.2) is 0 Å². The number of ketones is 1. The summed E-state index contributed by atoms with van der Waals surface area (Å²) in [5.74, 6) is 1.29. The lowest BCUT2D eigenvalue weighted by Crippen LogP contribution is -2.58. The first kappa shape index (κ1) is 19.6. The molecule has 0 radical (unpaired) electrons. The summed E-state index contributed by atoms with van der Waals surface area (Å²) >= 11 is 1.46. The van der Waals surface area contributed by atoms with E-state index in [9.17, 15) is 14.4 Å². The summed E-state index contributed by atoms with van der Waals surface area (Å²) in [6.45, 7) is 6.31. The predicted molar refractivity (Wildman–Crippen MR) is 112 cm³/mol. The van der Waals surface area contributed by atoms with Crippen LogP contribution in [0.1, 0.15) is 65.7 Å². The normalized spacial score (nSPS) is 48.0. The SMILES string of the molecule is CC(=O)S[C@@H]1CC2=CC(=O)CC[C@]2(C)[C@H]2CC[C@@]3(C)[C@@H](C=CC34CCC(=O)O4)[C@H]12. The molecule has 5 aliphatic rings. The Morgan fingerprint density at radius 3 is 2.66 bits per heavy atom. The Balaban J connectivity index is 1.57. The Morgan fingerprint density at radius 1 is 1.17 bits per heavy atom. The van der Waals surface area contributed by atoms with E-state index >= 15 is 0 Å². The fourth-order valence-electron chi connectivity index (χ4n) is 7.50. The molecule has 0 aromatic rings. The van der Waals surface area contributed by atoms with Crippen molar-refractivity contribution in [2.75, 3.05) is 0 Å². The highest BCUT2D eigenvalue weighted by atomic mass is 32.2. The maximum atomic E-state index is 12.2. The molecule has 1 unspecified atom stereocenters. The standard InChI is InChI=1S/C24H30O4S/c1-14(25)29-19-13-15-12-16(26)4-8-22(15,2)17-5-9-23(3)18(21(17)19)6-10-24(23)11-7-20(27)28-24/h6,10,12,17-19,21H,4-5,7-9,11,13H2,1-3H3/t17-,18-,19+,21+,22-,23-,24?/m0/s1. The number of allylic oxidation sites excluding steroid dienone is 3. The van der Waals surface area contributed by atoms with E-state index < -0.39 is 5.60 Å². The van der Waals surface area contributed by atoms with Crippen LogP contribution >= 0.6 is 11.8 Å². The van der Waals surface area contributed by atoms with Crippen molar-refractivity contribution in [2.24, 2.45) is 28.6 Å². The summed E-state index contributed by atoms with van der Waals surface area (Å²) in [6, 6.07) is 0. The highest BCUT2D eigenvalue weighted by molar-refractivity contribution is 8.14. The summed E-state index contributed by atoms with van der Waals surface area (Å²) in [5, 5.41) is 0.334. The number of rotatable bonds is 1. The average molecular weight is 415 g/mol. The second-order valence-corrected chi connectivity index (χ2v) is 11.7. The van der Waals surface area contributed by atoms with E-state index in [1.54, 1.807) is 6.92 Å². The highest BCUT2D eigenvalue weighted by Crippen LogP contribution is 2.68. The van der Waals surface area contributed by atoms with Crippen LogP contribution in [0.2, 0.25) is 0 Å². The molecule has 29 heavy (non-hydrogen) atoms. The number of hydrogen-bond donors (Lipinski definition) is 0. The first-order valence-electron chi connectivity index (χ1n) is 11.0. The number of fused-ring (bicyclic) bond motifs is 6. The minimum atomic E-state index is -0.468. The topological polar surface area (TPSA) is 60.4 Å². The number of ether oxygens (including phenoxy) is 1. The minimum absolute atomic E-state index is 0.0453. The van der Waals surface area contributed by atoms with E-state index in [-0.39, 0.29) is 32.9 Å². The molecule has 156 valence electrons. The summed E-state index contributed by atoms with van der Waals surface area (Å²) < 4.78 is 5.97. The van der Waals surface area contributed by atoms with Gasteiger partial charge >= 0.3 is 5.97 Å². The predicted octanol–water partition coefficient (Wildman–Crippen LogP) is 4.63. The smallest absolute Gasteiger partial charge is 0.306 e. The van der Waals surface area contributed by atoms with Gasteiger partial charge in [0.05, 0.1) is 0 Å². The van der Waals surface area contributed by atoms with E-state index in [0.717, 1.165) is 32.1 Å². The Bertz CT molecular complexity index is 859. The van der Waals surface area contributed by atoms with Crippen molar-refractivity contribution in [1.82, 2.24) is 0 Å². The molecule has 5 rings (SSSR count). The van der Waals surface area contributed by atoms with E-state index in [4.69, 9.17) is 4.74 Å². The van der Waals surface area contributed by atoms with E-state index in [1.165, 1.54) is 17.3 Å². The number of carbonyl (C=O) groups excluding carboxylic acids is 3. The molecule has 0 aromatic carbocycles. The van der Waals surface area contributed by atoms with Gasteiger partial charge in [-0.15, -0.1) is 0 Å². The second-order valence-electron chi connectivity index (χ2n) is 10.3. The van der Waals surface area contributed by atoms with E-state index in [1.807, 2.05) is 6.08 Å². The Labute approximate surface area is 176 Å². The number of thioether (sulfide) groups is 1. The van der Waals surface area contributed by atoms with Gasteiger partial charge in [0.15, 0.2) is 10.9 Å². The molecule has 1 spiro atoms. The number of carbonyl (C=O) groups is 3. The van der Waals surface area contributed by atoms with Crippen LogP contribution in [0.25, 0.3) is 0 Å². The zero-order chi connectivity index (χ0) is 20.6. The molecular weight excluding hydrogens is 384 g/mol. The Kier molecular flexibility index (Phi) is 4.27. The third-order valence-corrected chi connectivity index (χ3v) is 10.2. The molecule has 7 atom stereocenters. The van der Waals surface area contributed by atoms with Gasteiger partial charge in [-0.05, 0) is 61.0 Å². The zero-order valence-electron chi connectivity index (χ0n) is 17.5. The lowest BCUT2D eigenvalue weighted by molar-refractivity contribution is -0.162. The van der Waals surface area contributed by atoms with Gasteiger partial charge in [0.2, 0.25) is 0 Å². The molecule has 1 aliphatic heterocycles. The summed E-state index contributed by atoms with van der Waals surface area (Å²) in [5.41, 5.74) is 0.744. The monoisotopic (exact) mass is 414 g/mol. The molecule has 0 N–H and O–H groups in total. The minimum Gasteiger partial charge on any atom is -0.454 e. The van der Waals surface area contributed by atoms with Gasteiger partial charge in [0, 0.05) is 36.9 Å². The van der Waals surface area contributed by atoms with Crippen molar-refractivity contribution >= 4 is 28.6 Å². The maximum absolute atomic E-state index is 12.2. The molecule has 3 fully saturated rings. The van der Waals surface area contributed by atoms with Gasteiger partial charge in [0.1, 0.15) is 5.60 Å². The van der Waals surface area contributed by atoms with Crippen LogP contribution in [0, 0.1) is 28.6 Å². The number of esters is 1. The van der Waals surface area contributed by atoms with Crippen LogP contribution in [-0.4, -0.2) is 27.7 Å². The summed E-state index contributed by atoms with van der Waals surface area (Å²) in [4.78, 5) is 36.4. The van der Waals surface area contributed by atoms with Crippen LogP contribution in [0.4, 0.5) is 0 Å². The average Bonchev–Trinajstić information content (AvgIpc) is 3.17. The fraction of sp³-hybridized carbons (Fsp3) is 0.708. The summed E-state index contributed by atoms with van der Waals surface area (Å²) in [7, 11) is 0. The van der Waals surface area contributed by atoms with Gasteiger partial charge < -0.3 is 4.74 Å². The van der Waals surface area contributed by atoms with Crippen LogP contribution < -0.4 is 0 Å².